The Morgan fingerprint density at radius 3 is 2.26 bits per heavy atom. The fourth-order valence-electron chi connectivity index (χ4n) is 2.47. The summed E-state index contributed by atoms with van der Waals surface area (Å²) in [6.45, 7) is 6.48. The lowest BCUT2D eigenvalue weighted by Crippen LogP contribution is -2.42. The molecule has 0 bridgehead atoms. The minimum atomic E-state index is -0.323. The van der Waals surface area contributed by atoms with E-state index in [0.29, 0.717) is 6.42 Å². The van der Waals surface area contributed by atoms with E-state index in [1.54, 1.807) is 4.90 Å². The molecule has 1 rings (SSSR count). The van der Waals surface area contributed by atoms with Crippen molar-refractivity contribution >= 4 is 11.9 Å². The molecule has 1 aliphatic carbocycles. The zero-order chi connectivity index (χ0) is 14.5. The lowest BCUT2D eigenvalue weighted by molar-refractivity contribution is -0.148. The summed E-state index contributed by atoms with van der Waals surface area (Å²) in [5, 5.41) is 0. The number of carbonyl (C=O) groups is 2. The molecule has 0 N–H and O–H groups in total. The van der Waals surface area contributed by atoms with Crippen molar-refractivity contribution in [3.63, 3.8) is 0 Å². The molecule has 0 atom stereocenters. The number of amides is 1. The highest BCUT2D eigenvalue weighted by Crippen LogP contribution is 2.26. The molecule has 4 nitrogen and oxygen atoms in total. The average Bonchev–Trinajstić information content (AvgIpc) is 2.85. The van der Waals surface area contributed by atoms with Crippen LogP contribution in [-0.2, 0) is 14.3 Å². The summed E-state index contributed by atoms with van der Waals surface area (Å²) in [5.41, 5.74) is 0.141. The molecule has 0 saturated heterocycles. The van der Waals surface area contributed by atoms with E-state index in [9.17, 15) is 9.59 Å². The zero-order valence-electron chi connectivity index (χ0n) is 12.7. The molecular weight excluding hydrogens is 242 g/mol. The van der Waals surface area contributed by atoms with Gasteiger partial charge in [0, 0.05) is 12.5 Å². The lowest BCUT2D eigenvalue weighted by atomic mass is 9.90. The molecule has 1 saturated carbocycles. The number of hydrogen-bond donors (Lipinski definition) is 0. The van der Waals surface area contributed by atoms with E-state index < -0.39 is 0 Å². The highest BCUT2D eigenvalue weighted by Gasteiger charge is 2.29. The van der Waals surface area contributed by atoms with Crippen LogP contribution < -0.4 is 0 Å². The SMILES string of the molecule is COC(=O)CN(C(=O)CCC(C)(C)C)C1CCCC1. The van der Waals surface area contributed by atoms with Gasteiger partial charge in [0.2, 0.25) is 5.91 Å². The first-order valence-corrected chi connectivity index (χ1v) is 7.20. The second kappa shape index (κ2) is 6.92. The molecular formula is C15H27NO3. The number of esters is 1. The highest BCUT2D eigenvalue weighted by molar-refractivity contribution is 5.82. The van der Waals surface area contributed by atoms with Gasteiger partial charge in [-0.1, -0.05) is 33.6 Å². The van der Waals surface area contributed by atoms with E-state index >= 15 is 0 Å². The molecule has 0 aliphatic heterocycles. The summed E-state index contributed by atoms with van der Waals surface area (Å²) >= 11 is 0. The van der Waals surface area contributed by atoms with E-state index in [2.05, 4.69) is 20.8 Å². The monoisotopic (exact) mass is 269 g/mol. The van der Waals surface area contributed by atoms with E-state index in [1.807, 2.05) is 0 Å². The van der Waals surface area contributed by atoms with E-state index in [0.717, 1.165) is 32.1 Å². The van der Waals surface area contributed by atoms with Crippen LogP contribution in [-0.4, -0.2) is 36.5 Å². The van der Waals surface area contributed by atoms with Crippen LogP contribution in [0.5, 0.6) is 0 Å². The smallest absolute Gasteiger partial charge is 0.325 e. The summed E-state index contributed by atoms with van der Waals surface area (Å²) in [6, 6.07) is 0.228. The number of rotatable bonds is 5. The second-order valence-electron chi connectivity index (χ2n) is 6.60. The van der Waals surface area contributed by atoms with Crippen LogP contribution in [0.1, 0.15) is 59.3 Å². The third-order valence-corrected chi connectivity index (χ3v) is 3.70. The van der Waals surface area contributed by atoms with Gasteiger partial charge >= 0.3 is 5.97 Å². The molecule has 0 heterocycles. The molecule has 4 heteroatoms. The van der Waals surface area contributed by atoms with Crippen LogP contribution in [0.2, 0.25) is 0 Å². The summed E-state index contributed by atoms with van der Waals surface area (Å²) in [7, 11) is 1.37. The molecule has 0 spiro atoms. The quantitative estimate of drug-likeness (QED) is 0.721. The number of nitrogens with zero attached hydrogens (tertiary/aromatic N) is 1. The third-order valence-electron chi connectivity index (χ3n) is 3.70. The van der Waals surface area contributed by atoms with Crippen LogP contribution in [0, 0.1) is 5.41 Å². The van der Waals surface area contributed by atoms with Crippen molar-refractivity contribution in [2.75, 3.05) is 13.7 Å². The molecule has 0 aromatic heterocycles. The Morgan fingerprint density at radius 1 is 1.21 bits per heavy atom. The standard InChI is InChI=1S/C15H27NO3/c1-15(2,3)10-9-13(17)16(11-14(18)19-4)12-7-5-6-8-12/h12H,5-11H2,1-4H3. The summed E-state index contributed by atoms with van der Waals surface area (Å²) in [4.78, 5) is 25.6. The fourth-order valence-corrected chi connectivity index (χ4v) is 2.47. The van der Waals surface area contributed by atoms with Gasteiger partial charge in [-0.3, -0.25) is 9.59 Å². The van der Waals surface area contributed by atoms with Gasteiger partial charge in [-0.2, -0.15) is 0 Å². The molecule has 0 radical (unpaired) electrons. The Hall–Kier alpha value is -1.06. The number of carbonyl (C=O) groups excluding carboxylic acids is 2. The first-order chi connectivity index (χ1) is 8.83. The molecule has 19 heavy (non-hydrogen) atoms. The predicted molar refractivity (Wildman–Crippen MR) is 74.7 cm³/mol. The number of methoxy groups -OCH3 is 1. The Labute approximate surface area is 116 Å². The van der Waals surface area contributed by atoms with Gasteiger partial charge in [0.05, 0.1) is 7.11 Å². The molecule has 0 unspecified atom stereocenters. The highest BCUT2D eigenvalue weighted by atomic mass is 16.5. The largest absolute Gasteiger partial charge is 0.468 e. The molecule has 0 aromatic rings. The van der Waals surface area contributed by atoms with Crippen LogP contribution in [0.15, 0.2) is 0 Å². The normalized spacial score (nSPS) is 16.4. The Morgan fingerprint density at radius 2 is 1.79 bits per heavy atom. The maximum absolute atomic E-state index is 12.3. The topological polar surface area (TPSA) is 46.6 Å². The van der Waals surface area contributed by atoms with Gasteiger partial charge in [-0.25, -0.2) is 0 Å². The van der Waals surface area contributed by atoms with Gasteiger partial charge in [0.1, 0.15) is 6.54 Å². The van der Waals surface area contributed by atoms with Crippen molar-refractivity contribution in [2.45, 2.75) is 65.3 Å². The van der Waals surface area contributed by atoms with Gasteiger partial charge < -0.3 is 9.64 Å². The van der Waals surface area contributed by atoms with Crippen LogP contribution in [0.3, 0.4) is 0 Å². The minimum Gasteiger partial charge on any atom is -0.468 e. The molecule has 1 fully saturated rings. The average molecular weight is 269 g/mol. The summed E-state index contributed by atoms with van der Waals surface area (Å²) in [5.74, 6) is -0.233. The Balaban J connectivity index is 2.61. The van der Waals surface area contributed by atoms with Gasteiger partial charge in [-0.15, -0.1) is 0 Å². The van der Waals surface area contributed by atoms with E-state index in [1.165, 1.54) is 7.11 Å². The first kappa shape index (κ1) is 16.0. The second-order valence-corrected chi connectivity index (χ2v) is 6.60. The zero-order valence-corrected chi connectivity index (χ0v) is 12.7. The fraction of sp³-hybridized carbons (Fsp3) is 0.867. The Bertz CT molecular complexity index is 314. The maximum Gasteiger partial charge on any atom is 0.325 e. The first-order valence-electron chi connectivity index (χ1n) is 7.20. The predicted octanol–water partition coefficient (Wildman–Crippen LogP) is 2.76. The van der Waals surface area contributed by atoms with Gasteiger partial charge in [0.15, 0.2) is 0 Å². The van der Waals surface area contributed by atoms with Crippen molar-refractivity contribution in [3.8, 4) is 0 Å². The van der Waals surface area contributed by atoms with Gasteiger partial charge in [0.25, 0.3) is 0 Å². The van der Waals surface area contributed by atoms with Crippen molar-refractivity contribution in [2.24, 2.45) is 5.41 Å². The summed E-state index contributed by atoms with van der Waals surface area (Å²) in [6.07, 6.45) is 5.67. The number of hydrogen-bond acceptors (Lipinski definition) is 3. The van der Waals surface area contributed by atoms with Crippen LogP contribution >= 0.6 is 0 Å². The van der Waals surface area contributed by atoms with E-state index in [-0.39, 0.29) is 29.9 Å². The number of ether oxygens (including phenoxy) is 1. The molecule has 1 amide bonds. The summed E-state index contributed by atoms with van der Waals surface area (Å²) < 4.78 is 4.70. The van der Waals surface area contributed by atoms with Crippen LogP contribution in [0.4, 0.5) is 0 Å². The van der Waals surface area contributed by atoms with Crippen molar-refractivity contribution in [3.05, 3.63) is 0 Å². The third kappa shape index (κ3) is 5.62. The van der Waals surface area contributed by atoms with Gasteiger partial charge in [-0.05, 0) is 24.7 Å². The lowest BCUT2D eigenvalue weighted by Gasteiger charge is -2.29. The maximum atomic E-state index is 12.3. The Kier molecular flexibility index (Phi) is 5.83. The minimum absolute atomic E-state index is 0.0900. The molecule has 0 aromatic carbocycles. The van der Waals surface area contributed by atoms with Crippen LogP contribution in [0.25, 0.3) is 0 Å². The van der Waals surface area contributed by atoms with Crippen molar-refractivity contribution in [1.82, 2.24) is 4.90 Å². The van der Waals surface area contributed by atoms with Crippen molar-refractivity contribution in [1.29, 1.82) is 0 Å². The van der Waals surface area contributed by atoms with E-state index in [4.69, 9.17) is 4.74 Å². The van der Waals surface area contributed by atoms with Crippen molar-refractivity contribution < 1.29 is 14.3 Å². The molecule has 110 valence electrons. The molecule has 1 aliphatic rings.